The van der Waals surface area contributed by atoms with Crippen molar-refractivity contribution in [1.29, 1.82) is 0 Å². The number of hydrogen-bond acceptors (Lipinski definition) is 6. The monoisotopic (exact) mass is 241 g/mol. The lowest BCUT2D eigenvalue weighted by Gasteiger charge is -2.06. The summed E-state index contributed by atoms with van der Waals surface area (Å²) in [7, 11) is 1.71. The van der Waals surface area contributed by atoms with E-state index in [2.05, 4.69) is 15.5 Å². The van der Waals surface area contributed by atoms with Crippen molar-refractivity contribution >= 4 is 0 Å². The standard InChI is InChI=1S/C11H19N3O3/c1-4-16-7(2)10-13-11(17-14-10)9-5-8(15-3)6-12-9/h7-9,12H,4-6H2,1-3H3. The van der Waals surface area contributed by atoms with Gasteiger partial charge in [0.05, 0.1) is 12.1 Å². The maximum atomic E-state index is 5.42. The fraction of sp³-hybridized carbons (Fsp3) is 0.818. The summed E-state index contributed by atoms with van der Waals surface area (Å²) in [5.41, 5.74) is 0. The van der Waals surface area contributed by atoms with E-state index in [1.165, 1.54) is 0 Å². The van der Waals surface area contributed by atoms with E-state index in [4.69, 9.17) is 14.0 Å². The second-order valence-electron chi connectivity index (χ2n) is 4.14. The molecule has 0 bridgehead atoms. The molecule has 1 fully saturated rings. The van der Waals surface area contributed by atoms with Crippen LogP contribution in [0.3, 0.4) is 0 Å². The summed E-state index contributed by atoms with van der Waals surface area (Å²) in [6.45, 7) is 5.32. The molecular weight excluding hydrogens is 222 g/mol. The van der Waals surface area contributed by atoms with Crippen molar-refractivity contribution in [2.75, 3.05) is 20.3 Å². The van der Waals surface area contributed by atoms with Crippen LogP contribution in [0.4, 0.5) is 0 Å². The van der Waals surface area contributed by atoms with Gasteiger partial charge in [0.25, 0.3) is 0 Å². The Bertz CT molecular complexity index is 355. The van der Waals surface area contributed by atoms with Gasteiger partial charge in [-0.25, -0.2) is 0 Å². The van der Waals surface area contributed by atoms with Gasteiger partial charge in [0, 0.05) is 20.3 Å². The molecule has 0 aliphatic carbocycles. The number of ether oxygens (including phenoxy) is 2. The highest BCUT2D eigenvalue weighted by atomic mass is 16.5. The van der Waals surface area contributed by atoms with Gasteiger partial charge < -0.3 is 19.3 Å². The van der Waals surface area contributed by atoms with Gasteiger partial charge in [0.2, 0.25) is 5.89 Å². The van der Waals surface area contributed by atoms with Crippen molar-refractivity contribution in [3.8, 4) is 0 Å². The van der Waals surface area contributed by atoms with Crippen LogP contribution in [0.5, 0.6) is 0 Å². The highest BCUT2D eigenvalue weighted by Gasteiger charge is 2.29. The minimum Gasteiger partial charge on any atom is -0.380 e. The molecule has 3 atom stereocenters. The third-order valence-electron chi connectivity index (χ3n) is 2.96. The number of nitrogens with one attached hydrogen (secondary N) is 1. The van der Waals surface area contributed by atoms with Gasteiger partial charge in [-0.3, -0.25) is 0 Å². The lowest BCUT2D eigenvalue weighted by Crippen LogP contribution is -2.16. The summed E-state index contributed by atoms with van der Waals surface area (Å²) in [4.78, 5) is 4.36. The van der Waals surface area contributed by atoms with Crippen molar-refractivity contribution in [2.24, 2.45) is 0 Å². The van der Waals surface area contributed by atoms with E-state index in [0.717, 1.165) is 13.0 Å². The molecule has 1 aliphatic heterocycles. The highest BCUT2D eigenvalue weighted by molar-refractivity contribution is 4.99. The Balaban J connectivity index is 1.98. The van der Waals surface area contributed by atoms with Crippen molar-refractivity contribution < 1.29 is 14.0 Å². The minimum absolute atomic E-state index is 0.0926. The smallest absolute Gasteiger partial charge is 0.243 e. The molecule has 96 valence electrons. The van der Waals surface area contributed by atoms with Gasteiger partial charge in [-0.2, -0.15) is 4.98 Å². The van der Waals surface area contributed by atoms with Crippen LogP contribution in [0, 0.1) is 0 Å². The van der Waals surface area contributed by atoms with Crippen LogP contribution in [0.15, 0.2) is 4.52 Å². The van der Waals surface area contributed by atoms with Crippen molar-refractivity contribution in [3.05, 3.63) is 11.7 Å². The predicted octanol–water partition coefficient (Wildman–Crippen LogP) is 1.22. The molecule has 6 nitrogen and oxygen atoms in total. The van der Waals surface area contributed by atoms with E-state index in [9.17, 15) is 0 Å². The number of aromatic nitrogens is 2. The van der Waals surface area contributed by atoms with E-state index in [0.29, 0.717) is 18.3 Å². The fourth-order valence-corrected chi connectivity index (χ4v) is 1.95. The molecule has 0 amide bonds. The quantitative estimate of drug-likeness (QED) is 0.835. The number of nitrogens with zero attached hydrogens (tertiary/aromatic N) is 2. The van der Waals surface area contributed by atoms with Crippen LogP contribution in [-0.4, -0.2) is 36.5 Å². The SMILES string of the molecule is CCOC(C)c1noc(C2CC(OC)CN2)n1. The van der Waals surface area contributed by atoms with Crippen LogP contribution >= 0.6 is 0 Å². The van der Waals surface area contributed by atoms with Crippen LogP contribution in [-0.2, 0) is 9.47 Å². The van der Waals surface area contributed by atoms with Gasteiger partial charge in [-0.1, -0.05) is 5.16 Å². The van der Waals surface area contributed by atoms with E-state index in [-0.39, 0.29) is 18.2 Å². The van der Waals surface area contributed by atoms with E-state index in [1.807, 2.05) is 13.8 Å². The zero-order valence-electron chi connectivity index (χ0n) is 10.5. The lowest BCUT2D eigenvalue weighted by molar-refractivity contribution is 0.0683. The van der Waals surface area contributed by atoms with Gasteiger partial charge >= 0.3 is 0 Å². The Hall–Kier alpha value is -0.980. The summed E-state index contributed by atoms with van der Waals surface area (Å²) in [6.07, 6.45) is 0.957. The second kappa shape index (κ2) is 5.57. The largest absolute Gasteiger partial charge is 0.380 e. The first-order valence-corrected chi connectivity index (χ1v) is 5.95. The van der Waals surface area contributed by atoms with Gasteiger partial charge in [-0.05, 0) is 20.3 Å². The van der Waals surface area contributed by atoms with Crippen LogP contribution in [0.2, 0.25) is 0 Å². The molecule has 6 heteroatoms. The summed E-state index contributed by atoms with van der Waals surface area (Å²) in [5, 5.41) is 7.23. The molecule has 1 aromatic heterocycles. The molecule has 2 rings (SSSR count). The van der Waals surface area contributed by atoms with Crippen molar-refractivity contribution in [1.82, 2.24) is 15.5 Å². The Morgan fingerprint density at radius 2 is 2.41 bits per heavy atom. The van der Waals surface area contributed by atoms with E-state index >= 15 is 0 Å². The molecule has 0 radical (unpaired) electrons. The van der Waals surface area contributed by atoms with E-state index in [1.54, 1.807) is 7.11 Å². The topological polar surface area (TPSA) is 69.4 Å². The van der Waals surface area contributed by atoms with Gasteiger partial charge in [0.1, 0.15) is 6.10 Å². The van der Waals surface area contributed by atoms with Gasteiger partial charge in [-0.15, -0.1) is 0 Å². The molecule has 1 aromatic rings. The molecule has 1 aliphatic rings. The summed E-state index contributed by atoms with van der Waals surface area (Å²) in [6, 6.07) is 0.0926. The minimum atomic E-state index is -0.128. The molecule has 0 aromatic carbocycles. The first-order valence-electron chi connectivity index (χ1n) is 5.95. The lowest BCUT2D eigenvalue weighted by atomic mass is 10.2. The normalized spacial score (nSPS) is 26.3. The highest BCUT2D eigenvalue weighted by Crippen LogP contribution is 2.24. The third-order valence-corrected chi connectivity index (χ3v) is 2.96. The first-order chi connectivity index (χ1) is 8.24. The third kappa shape index (κ3) is 2.83. The average molecular weight is 241 g/mol. The maximum absolute atomic E-state index is 5.42. The molecule has 2 heterocycles. The Morgan fingerprint density at radius 1 is 1.59 bits per heavy atom. The van der Waals surface area contributed by atoms with Crippen LogP contribution < -0.4 is 5.32 Å². The van der Waals surface area contributed by atoms with Crippen molar-refractivity contribution in [3.63, 3.8) is 0 Å². The van der Waals surface area contributed by atoms with Crippen molar-refractivity contribution in [2.45, 2.75) is 38.5 Å². The Kier molecular flexibility index (Phi) is 4.09. The molecular formula is C11H19N3O3. The summed E-state index contributed by atoms with van der Waals surface area (Å²) < 4.78 is 15.9. The molecule has 1 N–H and O–H groups in total. The first kappa shape index (κ1) is 12.5. The zero-order valence-corrected chi connectivity index (χ0v) is 10.5. The number of hydrogen-bond donors (Lipinski definition) is 1. The Morgan fingerprint density at radius 3 is 3.06 bits per heavy atom. The Labute approximate surface area is 101 Å². The fourth-order valence-electron chi connectivity index (χ4n) is 1.95. The zero-order chi connectivity index (χ0) is 12.3. The summed E-state index contributed by atoms with van der Waals surface area (Å²) >= 11 is 0. The molecule has 1 saturated heterocycles. The molecule has 17 heavy (non-hydrogen) atoms. The number of rotatable bonds is 5. The van der Waals surface area contributed by atoms with Crippen LogP contribution in [0.25, 0.3) is 0 Å². The summed E-state index contributed by atoms with van der Waals surface area (Å²) in [5.74, 6) is 1.22. The second-order valence-corrected chi connectivity index (χ2v) is 4.14. The van der Waals surface area contributed by atoms with Gasteiger partial charge in [0.15, 0.2) is 5.82 Å². The number of methoxy groups -OCH3 is 1. The maximum Gasteiger partial charge on any atom is 0.243 e. The predicted molar refractivity (Wildman–Crippen MR) is 60.5 cm³/mol. The average Bonchev–Trinajstić information content (AvgIpc) is 2.98. The van der Waals surface area contributed by atoms with E-state index < -0.39 is 0 Å². The molecule has 0 saturated carbocycles. The van der Waals surface area contributed by atoms with Crippen LogP contribution in [0.1, 0.15) is 44.1 Å². The molecule has 3 unspecified atom stereocenters. The molecule has 0 spiro atoms.